The van der Waals surface area contributed by atoms with Gasteiger partial charge in [0.2, 0.25) is 5.91 Å². The van der Waals surface area contributed by atoms with Gasteiger partial charge in [-0.2, -0.15) is 0 Å². The molecule has 5 nitrogen and oxygen atoms in total. The molecule has 1 saturated heterocycles. The zero-order valence-corrected chi connectivity index (χ0v) is 15.8. The van der Waals surface area contributed by atoms with Crippen LogP contribution in [0.4, 0.5) is 5.82 Å². The van der Waals surface area contributed by atoms with Crippen molar-refractivity contribution in [3.63, 3.8) is 0 Å². The summed E-state index contributed by atoms with van der Waals surface area (Å²) in [6.45, 7) is 9.47. The van der Waals surface area contributed by atoms with Gasteiger partial charge in [0.05, 0.1) is 0 Å². The van der Waals surface area contributed by atoms with Gasteiger partial charge in [-0.25, -0.2) is 9.97 Å². The van der Waals surface area contributed by atoms with Crippen LogP contribution in [0.25, 0.3) is 11.4 Å². The lowest BCUT2D eigenvalue weighted by Crippen LogP contribution is -2.49. The highest BCUT2D eigenvalue weighted by molar-refractivity contribution is 5.81. The normalized spacial score (nSPS) is 17.5. The fourth-order valence-electron chi connectivity index (χ4n) is 3.48. The standard InChI is InChI=1S/C21H26N4O/c1-14-4-6-17(7-5-14)19-22-16(3)15(2)20(23-19)24-10-12-25(13-11-24)21(26)18-8-9-18/h4-7,18H,8-13H2,1-3H3. The number of piperazine rings is 1. The number of aromatic nitrogens is 2. The summed E-state index contributed by atoms with van der Waals surface area (Å²) in [7, 11) is 0. The van der Waals surface area contributed by atoms with Gasteiger partial charge in [-0.3, -0.25) is 4.79 Å². The van der Waals surface area contributed by atoms with Gasteiger partial charge in [0.15, 0.2) is 5.82 Å². The maximum atomic E-state index is 12.3. The largest absolute Gasteiger partial charge is 0.353 e. The van der Waals surface area contributed by atoms with Crippen LogP contribution in [0.15, 0.2) is 24.3 Å². The Kier molecular flexibility index (Phi) is 4.39. The first kappa shape index (κ1) is 17.0. The number of nitrogens with zero attached hydrogens (tertiary/aromatic N) is 4. The van der Waals surface area contributed by atoms with Crippen LogP contribution in [-0.4, -0.2) is 47.0 Å². The summed E-state index contributed by atoms with van der Waals surface area (Å²) in [6, 6.07) is 8.34. The maximum absolute atomic E-state index is 12.3. The van der Waals surface area contributed by atoms with E-state index in [1.807, 2.05) is 11.8 Å². The fourth-order valence-corrected chi connectivity index (χ4v) is 3.48. The number of amides is 1. The van der Waals surface area contributed by atoms with Crippen molar-refractivity contribution in [3.8, 4) is 11.4 Å². The van der Waals surface area contributed by atoms with Crippen molar-refractivity contribution in [2.24, 2.45) is 5.92 Å². The fraction of sp³-hybridized carbons (Fsp3) is 0.476. The highest BCUT2D eigenvalue weighted by Gasteiger charge is 2.35. The van der Waals surface area contributed by atoms with Crippen LogP contribution in [-0.2, 0) is 4.79 Å². The number of hydrogen-bond acceptors (Lipinski definition) is 4. The number of aryl methyl sites for hydroxylation is 2. The Morgan fingerprint density at radius 1 is 0.962 bits per heavy atom. The van der Waals surface area contributed by atoms with E-state index in [1.54, 1.807) is 0 Å². The monoisotopic (exact) mass is 350 g/mol. The Balaban J connectivity index is 1.56. The molecule has 1 amide bonds. The molecule has 26 heavy (non-hydrogen) atoms. The highest BCUT2D eigenvalue weighted by atomic mass is 16.2. The molecular weight excluding hydrogens is 324 g/mol. The van der Waals surface area contributed by atoms with E-state index in [0.29, 0.717) is 11.8 Å². The van der Waals surface area contributed by atoms with Crippen molar-refractivity contribution in [1.82, 2.24) is 14.9 Å². The number of hydrogen-bond donors (Lipinski definition) is 0. The number of benzene rings is 1. The van der Waals surface area contributed by atoms with Gasteiger partial charge in [0, 0.05) is 48.9 Å². The zero-order chi connectivity index (χ0) is 18.3. The summed E-state index contributed by atoms with van der Waals surface area (Å²) in [6.07, 6.45) is 2.15. The van der Waals surface area contributed by atoms with Crippen molar-refractivity contribution in [2.45, 2.75) is 33.6 Å². The number of anilines is 1. The number of rotatable bonds is 3. The molecular formula is C21H26N4O. The Morgan fingerprint density at radius 2 is 1.62 bits per heavy atom. The summed E-state index contributed by atoms with van der Waals surface area (Å²) in [5, 5.41) is 0. The first-order valence-electron chi connectivity index (χ1n) is 9.49. The molecule has 0 radical (unpaired) electrons. The molecule has 0 N–H and O–H groups in total. The molecule has 5 heteroatoms. The van der Waals surface area contributed by atoms with E-state index < -0.39 is 0 Å². The first-order valence-corrected chi connectivity index (χ1v) is 9.49. The molecule has 136 valence electrons. The maximum Gasteiger partial charge on any atom is 0.225 e. The van der Waals surface area contributed by atoms with Crippen LogP contribution < -0.4 is 4.90 Å². The van der Waals surface area contributed by atoms with Crippen LogP contribution in [0.2, 0.25) is 0 Å². The van der Waals surface area contributed by atoms with Gasteiger partial charge < -0.3 is 9.80 Å². The SMILES string of the molecule is Cc1ccc(-c2nc(C)c(C)c(N3CCN(C(=O)C4CC4)CC3)n2)cc1. The average Bonchev–Trinajstić information content (AvgIpc) is 3.49. The van der Waals surface area contributed by atoms with E-state index in [9.17, 15) is 4.79 Å². The van der Waals surface area contributed by atoms with Crippen molar-refractivity contribution in [1.29, 1.82) is 0 Å². The molecule has 0 spiro atoms. The lowest BCUT2D eigenvalue weighted by atomic mass is 10.1. The van der Waals surface area contributed by atoms with Crippen molar-refractivity contribution >= 4 is 11.7 Å². The zero-order valence-electron chi connectivity index (χ0n) is 15.8. The molecule has 2 aromatic rings. The second kappa shape index (κ2) is 6.71. The molecule has 0 bridgehead atoms. The molecule has 1 aliphatic heterocycles. The Labute approximate surface area is 155 Å². The number of carbonyl (C=O) groups excluding carboxylic acids is 1. The number of carbonyl (C=O) groups is 1. The van der Waals surface area contributed by atoms with Crippen LogP contribution in [0.1, 0.15) is 29.7 Å². The topological polar surface area (TPSA) is 49.3 Å². The van der Waals surface area contributed by atoms with Gasteiger partial charge in [0.25, 0.3) is 0 Å². The van der Waals surface area contributed by atoms with Crippen molar-refractivity contribution in [2.75, 3.05) is 31.1 Å². The predicted octanol–water partition coefficient (Wildman–Crippen LogP) is 3.13. The molecule has 1 aliphatic carbocycles. The molecule has 0 atom stereocenters. The van der Waals surface area contributed by atoms with Gasteiger partial charge >= 0.3 is 0 Å². The summed E-state index contributed by atoms with van der Waals surface area (Å²) >= 11 is 0. The summed E-state index contributed by atoms with van der Waals surface area (Å²) in [5.41, 5.74) is 4.42. The lowest BCUT2D eigenvalue weighted by Gasteiger charge is -2.36. The van der Waals surface area contributed by atoms with Crippen LogP contribution >= 0.6 is 0 Å². The minimum atomic E-state index is 0.303. The Hall–Kier alpha value is -2.43. The second-order valence-electron chi connectivity index (χ2n) is 7.53. The first-order chi connectivity index (χ1) is 12.5. The molecule has 1 saturated carbocycles. The molecule has 4 rings (SSSR count). The minimum absolute atomic E-state index is 0.303. The van der Waals surface area contributed by atoms with Gasteiger partial charge in [-0.05, 0) is 33.6 Å². The third-order valence-corrected chi connectivity index (χ3v) is 5.49. The molecule has 0 unspecified atom stereocenters. The van der Waals surface area contributed by atoms with E-state index >= 15 is 0 Å². The molecule has 2 fully saturated rings. The van der Waals surface area contributed by atoms with Crippen LogP contribution in [0, 0.1) is 26.7 Å². The molecule has 1 aromatic carbocycles. The van der Waals surface area contributed by atoms with E-state index in [1.165, 1.54) is 5.56 Å². The van der Waals surface area contributed by atoms with Gasteiger partial charge in [0.1, 0.15) is 5.82 Å². The molecule has 1 aromatic heterocycles. The smallest absolute Gasteiger partial charge is 0.225 e. The Morgan fingerprint density at radius 3 is 2.23 bits per heavy atom. The van der Waals surface area contributed by atoms with Gasteiger partial charge in [-0.15, -0.1) is 0 Å². The van der Waals surface area contributed by atoms with Gasteiger partial charge in [-0.1, -0.05) is 29.8 Å². The van der Waals surface area contributed by atoms with Crippen LogP contribution in [0.3, 0.4) is 0 Å². The minimum Gasteiger partial charge on any atom is -0.353 e. The summed E-state index contributed by atoms with van der Waals surface area (Å²) in [4.78, 5) is 26.2. The second-order valence-corrected chi connectivity index (χ2v) is 7.53. The van der Waals surface area contributed by atoms with Crippen molar-refractivity contribution < 1.29 is 4.79 Å². The summed E-state index contributed by atoms with van der Waals surface area (Å²) < 4.78 is 0. The summed E-state index contributed by atoms with van der Waals surface area (Å²) in [5.74, 6) is 2.43. The van der Waals surface area contributed by atoms with E-state index in [0.717, 1.165) is 67.5 Å². The average molecular weight is 350 g/mol. The van der Waals surface area contributed by atoms with E-state index in [4.69, 9.17) is 9.97 Å². The quantitative estimate of drug-likeness (QED) is 0.853. The van der Waals surface area contributed by atoms with E-state index in [-0.39, 0.29) is 0 Å². The highest BCUT2D eigenvalue weighted by Crippen LogP contribution is 2.32. The van der Waals surface area contributed by atoms with Crippen LogP contribution in [0.5, 0.6) is 0 Å². The third-order valence-electron chi connectivity index (χ3n) is 5.49. The van der Waals surface area contributed by atoms with E-state index in [2.05, 4.69) is 43.0 Å². The third kappa shape index (κ3) is 3.30. The lowest BCUT2D eigenvalue weighted by molar-refractivity contribution is -0.132. The molecule has 2 heterocycles. The predicted molar refractivity (Wildman–Crippen MR) is 103 cm³/mol. The molecule has 2 aliphatic rings. The van der Waals surface area contributed by atoms with Crippen molar-refractivity contribution in [3.05, 3.63) is 41.1 Å². The Bertz CT molecular complexity index is 819.